The Morgan fingerprint density at radius 3 is 1.74 bits per heavy atom. The van der Waals surface area contributed by atoms with E-state index >= 15 is 0 Å². The van der Waals surface area contributed by atoms with E-state index in [0.717, 1.165) is 35.6 Å². The standard InChI is InChI=1S/C32H35NO/c1-3-4-5-6-7-8-23-34-31-20-17-27(18-21-31)26-13-15-29(16-14-26)32-22-19-30(24-33-32)28-11-9-25(2)10-12-28/h9-22,24H,3-8,23H2,1-2H3. The molecule has 0 spiro atoms. The summed E-state index contributed by atoms with van der Waals surface area (Å²) in [6.45, 7) is 5.16. The Hall–Kier alpha value is -3.39. The maximum Gasteiger partial charge on any atom is 0.119 e. The van der Waals surface area contributed by atoms with E-state index < -0.39 is 0 Å². The van der Waals surface area contributed by atoms with Crippen LogP contribution in [0.15, 0.2) is 91.1 Å². The first kappa shape index (κ1) is 23.8. The lowest BCUT2D eigenvalue weighted by atomic mass is 10.0. The summed E-state index contributed by atoms with van der Waals surface area (Å²) in [5.74, 6) is 0.951. The molecule has 0 unspecified atom stereocenters. The SMILES string of the molecule is CCCCCCCCOc1ccc(-c2ccc(-c3ccc(-c4ccc(C)cc4)cn3)cc2)cc1. The molecule has 4 aromatic rings. The summed E-state index contributed by atoms with van der Waals surface area (Å²) in [4.78, 5) is 4.70. The maximum absolute atomic E-state index is 5.92. The van der Waals surface area contributed by atoms with Crippen molar-refractivity contribution in [1.29, 1.82) is 0 Å². The van der Waals surface area contributed by atoms with Gasteiger partial charge in [0.2, 0.25) is 0 Å². The van der Waals surface area contributed by atoms with E-state index in [4.69, 9.17) is 9.72 Å². The summed E-state index contributed by atoms with van der Waals surface area (Å²) in [5.41, 5.74) is 8.10. The summed E-state index contributed by atoms with van der Waals surface area (Å²) in [6, 6.07) is 29.8. The minimum absolute atomic E-state index is 0.801. The Labute approximate surface area is 204 Å². The third-order valence-corrected chi connectivity index (χ3v) is 6.28. The molecule has 2 nitrogen and oxygen atoms in total. The molecule has 0 radical (unpaired) electrons. The Morgan fingerprint density at radius 1 is 0.559 bits per heavy atom. The third kappa shape index (κ3) is 6.57. The van der Waals surface area contributed by atoms with Gasteiger partial charge in [0.15, 0.2) is 0 Å². The van der Waals surface area contributed by atoms with Gasteiger partial charge in [-0.25, -0.2) is 0 Å². The van der Waals surface area contributed by atoms with Gasteiger partial charge < -0.3 is 4.74 Å². The van der Waals surface area contributed by atoms with Gasteiger partial charge in [-0.05, 0) is 48.2 Å². The van der Waals surface area contributed by atoms with E-state index in [0.29, 0.717) is 0 Å². The smallest absolute Gasteiger partial charge is 0.119 e. The van der Waals surface area contributed by atoms with Crippen LogP contribution in [0.25, 0.3) is 33.5 Å². The average molecular weight is 450 g/mol. The number of pyridine rings is 1. The summed E-state index contributed by atoms with van der Waals surface area (Å²) in [6.07, 6.45) is 9.65. The van der Waals surface area contributed by atoms with Crippen LogP contribution in [0.4, 0.5) is 0 Å². The summed E-state index contributed by atoms with van der Waals surface area (Å²) in [5, 5.41) is 0. The molecule has 0 bridgehead atoms. The van der Waals surface area contributed by atoms with Gasteiger partial charge in [0.1, 0.15) is 5.75 Å². The zero-order chi connectivity index (χ0) is 23.6. The van der Waals surface area contributed by atoms with E-state index in [1.807, 2.05) is 6.20 Å². The molecule has 0 N–H and O–H groups in total. The number of nitrogens with zero attached hydrogens (tertiary/aromatic N) is 1. The third-order valence-electron chi connectivity index (χ3n) is 6.28. The monoisotopic (exact) mass is 449 g/mol. The van der Waals surface area contributed by atoms with Crippen molar-refractivity contribution in [3.63, 3.8) is 0 Å². The zero-order valence-electron chi connectivity index (χ0n) is 20.5. The van der Waals surface area contributed by atoms with Crippen LogP contribution < -0.4 is 4.74 Å². The highest BCUT2D eigenvalue weighted by Crippen LogP contribution is 2.27. The summed E-state index contributed by atoms with van der Waals surface area (Å²) < 4.78 is 5.92. The van der Waals surface area contributed by atoms with E-state index in [1.54, 1.807) is 0 Å². The van der Waals surface area contributed by atoms with Crippen LogP contribution in [-0.4, -0.2) is 11.6 Å². The summed E-state index contributed by atoms with van der Waals surface area (Å²) >= 11 is 0. The Morgan fingerprint density at radius 2 is 1.09 bits per heavy atom. The number of ether oxygens (including phenoxy) is 1. The van der Waals surface area contributed by atoms with Gasteiger partial charge >= 0.3 is 0 Å². The molecule has 0 saturated heterocycles. The Kier molecular flexibility index (Phi) is 8.51. The van der Waals surface area contributed by atoms with Crippen LogP contribution in [0.1, 0.15) is 51.0 Å². The van der Waals surface area contributed by atoms with Crippen molar-refractivity contribution < 1.29 is 4.74 Å². The lowest BCUT2D eigenvalue weighted by Crippen LogP contribution is -1.97. The molecule has 2 heteroatoms. The van der Waals surface area contributed by atoms with E-state index in [9.17, 15) is 0 Å². The highest BCUT2D eigenvalue weighted by atomic mass is 16.5. The Balaban J connectivity index is 1.32. The van der Waals surface area contributed by atoms with Crippen molar-refractivity contribution in [2.24, 2.45) is 0 Å². The second kappa shape index (κ2) is 12.2. The molecule has 4 rings (SSSR count). The molecule has 0 aliphatic heterocycles. The minimum Gasteiger partial charge on any atom is -0.494 e. The van der Waals surface area contributed by atoms with Crippen molar-refractivity contribution in [1.82, 2.24) is 4.98 Å². The molecule has 174 valence electrons. The number of aryl methyl sites for hydroxylation is 1. The number of hydrogen-bond acceptors (Lipinski definition) is 2. The quantitative estimate of drug-likeness (QED) is 0.213. The fourth-order valence-electron chi connectivity index (χ4n) is 4.13. The molecule has 0 fully saturated rings. The second-order valence-corrected chi connectivity index (χ2v) is 9.02. The highest BCUT2D eigenvalue weighted by Gasteiger charge is 2.04. The van der Waals surface area contributed by atoms with Gasteiger partial charge in [0.25, 0.3) is 0 Å². The highest BCUT2D eigenvalue weighted by molar-refractivity contribution is 5.71. The molecule has 34 heavy (non-hydrogen) atoms. The molecule has 0 amide bonds. The fourth-order valence-corrected chi connectivity index (χ4v) is 4.13. The molecule has 0 aliphatic carbocycles. The largest absolute Gasteiger partial charge is 0.494 e. The predicted octanol–water partition coefficient (Wildman–Crippen LogP) is 9.13. The molecular weight excluding hydrogens is 414 g/mol. The van der Waals surface area contributed by atoms with Crippen molar-refractivity contribution in [3.8, 4) is 39.3 Å². The molecule has 1 aromatic heterocycles. The second-order valence-electron chi connectivity index (χ2n) is 9.02. The van der Waals surface area contributed by atoms with Crippen LogP contribution in [-0.2, 0) is 0 Å². The van der Waals surface area contributed by atoms with Gasteiger partial charge in [0.05, 0.1) is 12.3 Å². The first-order valence-electron chi connectivity index (χ1n) is 12.6. The van der Waals surface area contributed by atoms with Gasteiger partial charge in [-0.15, -0.1) is 0 Å². The van der Waals surface area contributed by atoms with Crippen molar-refractivity contribution >= 4 is 0 Å². The van der Waals surface area contributed by atoms with Crippen molar-refractivity contribution in [2.45, 2.75) is 52.4 Å². The number of unbranched alkanes of at least 4 members (excludes halogenated alkanes) is 5. The number of aromatic nitrogens is 1. The van der Waals surface area contributed by atoms with E-state index in [2.05, 4.69) is 98.8 Å². The van der Waals surface area contributed by atoms with Crippen LogP contribution in [0.2, 0.25) is 0 Å². The number of rotatable bonds is 11. The molecule has 1 heterocycles. The maximum atomic E-state index is 5.92. The zero-order valence-corrected chi connectivity index (χ0v) is 20.5. The van der Waals surface area contributed by atoms with Gasteiger partial charge in [-0.1, -0.05) is 111 Å². The number of benzene rings is 3. The lowest BCUT2D eigenvalue weighted by molar-refractivity contribution is 0.304. The van der Waals surface area contributed by atoms with Crippen molar-refractivity contribution in [2.75, 3.05) is 6.61 Å². The predicted molar refractivity (Wildman–Crippen MR) is 144 cm³/mol. The van der Waals surface area contributed by atoms with Crippen LogP contribution in [0.3, 0.4) is 0 Å². The average Bonchev–Trinajstić information content (AvgIpc) is 2.89. The van der Waals surface area contributed by atoms with Crippen LogP contribution in [0.5, 0.6) is 5.75 Å². The molecule has 0 atom stereocenters. The van der Waals surface area contributed by atoms with E-state index in [-0.39, 0.29) is 0 Å². The molecule has 0 aliphatic rings. The first-order valence-corrected chi connectivity index (χ1v) is 12.6. The van der Waals surface area contributed by atoms with Crippen LogP contribution >= 0.6 is 0 Å². The molecule has 0 saturated carbocycles. The van der Waals surface area contributed by atoms with Gasteiger partial charge in [0, 0.05) is 17.3 Å². The molecular formula is C32H35NO. The van der Waals surface area contributed by atoms with Gasteiger partial charge in [-0.2, -0.15) is 0 Å². The lowest BCUT2D eigenvalue weighted by Gasteiger charge is -2.09. The first-order chi connectivity index (χ1) is 16.7. The van der Waals surface area contributed by atoms with Crippen molar-refractivity contribution in [3.05, 3.63) is 96.7 Å². The topological polar surface area (TPSA) is 22.1 Å². The number of hydrogen-bond donors (Lipinski definition) is 0. The van der Waals surface area contributed by atoms with E-state index in [1.165, 1.54) is 54.4 Å². The minimum atomic E-state index is 0.801. The summed E-state index contributed by atoms with van der Waals surface area (Å²) in [7, 11) is 0. The normalized spacial score (nSPS) is 10.9. The van der Waals surface area contributed by atoms with Crippen LogP contribution in [0, 0.1) is 6.92 Å². The Bertz CT molecular complexity index is 1130. The molecule has 3 aromatic carbocycles. The fraction of sp³-hybridized carbons (Fsp3) is 0.281. The van der Waals surface area contributed by atoms with Gasteiger partial charge in [-0.3, -0.25) is 4.98 Å².